The van der Waals surface area contributed by atoms with Gasteiger partial charge in [0.05, 0.1) is 13.2 Å². The van der Waals surface area contributed by atoms with Crippen molar-refractivity contribution in [3.05, 3.63) is 0 Å². The molecule has 1 heterocycles. The second-order valence-electron chi connectivity index (χ2n) is 10.1. The van der Waals surface area contributed by atoms with Gasteiger partial charge in [0, 0.05) is 24.7 Å². The first-order chi connectivity index (χ1) is 13.1. The Balaban J connectivity index is 1.13. The Kier molecular flexibility index (Phi) is 4.67. The van der Waals surface area contributed by atoms with E-state index in [4.69, 9.17) is 4.74 Å². The zero-order valence-electron chi connectivity index (χ0n) is 16.3. The number of amides is 3. The number of rotatable bonds is 6. The number of imide groups is 1. The summed E-state index contributed by atoms with van der Waals surface area (Å²) in [5.74, 6) is 2.71. The van der Waals surface area contributed by atoms with Crippen LogP contribution in [0.5, 0.6) is 0 Å². The second-order valence-corrected chi connectivity index (χ2v) is 10.1. The zero-order chi connectivity index (χ0) is 18.4. The summed E-state index contributed by atoms with van der Waals surface area (Å²) in [5.41, 5.74) is -0.0452. The molecule has 3 amide bonds. The fourth-order valence-corrected chi connectivity index (χ4v) is 6.73. The maximum absolute atomic E-state index is 12.6. The van der Waals surface area contributed by atoms with Crippen molar-refractivity contribution in [3.8, 4) is 0 Å². The Morgan fingerprint density at radius 3 is 2.22 bits per heavy atom. The van der Waals surface area contributed by atoms with Gasteiger partial charge in [-0.25, -0.2) is 4.79 Å². The van der Waals surface area contributed by atoms with Gasteiger partial charge in [-0.05, 0) is 81.5 Å². The van der Waals surface area contributed by atoms with Crippen LogP contribution in [0.25, 0.3) is 0 Å². The summed E-state index contributed by atoms with van der Waals surface area (Å²) >= 11 is 0. The van der Waals surface area contributed by atoms with Crippen molar-refractivity contribution < 1.29 is 14.3 Å². The van der Waals surface area contributed by atoms with E-state index in [2.05, 4.69) is 15.5 Å². The lowest BCUT2D eigenvalue weighted by Gasteiger charge is -2.56. The summed E-state index contributed by atoms with van der Waals surface area (Å²) < 4.78 is 5.47. The van der Waals surface area contributed by atoms with Crippen LogP contribution in [0.15, 0.2) is 0 Å². The largest absolute Gasteiger partial charge is 0.381 e. The van der Waals surface area contributed by atoms with Crippen LogP contribution < -0.4 is 10.6 Å². The molecular weight excluding hydrogens is 342 g/mol. The van der Waals surface area contributed by atoms with Crippen molar-refractivity contribution in [3.63, 3.8) is 0 Å². The highest BCUT2D eigenvalue weighted by molar-refractivity contribution is 5.95. The van der Waals surface area contributed by atoms with E-state index < -0.39 is 0 Å². The molecule has 4 bridgehead atoms. The molecule has 0 spiro atoms. The Bertz CT molecular complexity index is 562. The number of hydrogen-bond donors (Lipinski definition) is 2. The van der Waals surface area contributed by atoms with Crippen molar-refractivity contribution in [1.29, 1.82) is 0 Å². The first kappa shape index (κ1) is 17.9. The average Bonchev–Trinajstić information content (AvgIpc) is 3.30. The minimum atomic E-state index is -0.276. The van der Waals surface area contributed by atoms with E-state index in [-0.39, 0.29) is 17.5 Å². The fraction of sp³-hybridized carbons (Fsp3) is 0.905. The Labute approximate surface area is 161 Å². The minimum Gasteiger partial charge on any atom is -0.381 e. The molecule has 5 saturated carbocycles. The number of carbonyl (C=O) groups excluding carboxylic acids is 2. The highest BCUT2D eigenvalue weighted by atomic mass is 16.5. The van der Waals surface area contributed by atoms with Gasteiger partial charge < -0.3 is 10.1 Å². The van der Waals surface area contributed by atoms with Crippen molar-refractivity contribution in [2.24, 2.45) is 23.7 Å². The molecule has 0 radical (unpaired) electrons. The molecule has 1 unspecified atom stereocenters. The van der Waals surface area contributed by atoms with Gasteiger partial charge in [-0.1, -0.05) is 0 Å². The maximum Gasteiger partial charge on any atom is 0.321 e. The molecule has 27 heavy (non-hydrogen) atoms. The van der Waals surface area contributed by atoms with Crippen molar-refractivity contribution in [1.82, 2.24) is 15.5 Å². The molecule has 0 aromatic heterocycles. The van der Waals surface area contributed by atoms with Crippen LogP contribution in [0.3, 0.4) is 0 Å². The van der Waals surface area contributed by atoms with Gasteiger partial charge in [0.25, 0.3) is 0 Å². The fourth-order valence-electron chi connectivity index (χ4n) is 6.73. The number of carbonyl (C=O) groups is 2. The normalized spacial score (nSPS) is 39.7. The third-order valence-corrected chi connectivity index (χ3v) is 7.60. The van der Waals surface area contributed by atoms with Crippen LogP contribution in [-0.4, -0.2) is 54.7 Å². The third-order valence-electron chi connectivity index (χ3n) is 7.60. The summed E-state index contributed by atoms with van der Waals surface area (Å²) in [5, 5.41) is 5.87. The summed E-state index contributed by atoms with van der Waals surface area (Å²) in [4.78, 5) is 27.3. The van der Waals surface area contributed by atoms with Crippen LogP contribution in [0.2, 0.25) is 0 Å². The van der Waals surface area contributed by atoms with Gasteiger partial charge in [-0.3, -0.25) is 15.0 Å². The van der Waals surface area contributed by atoms with E-state index in [0.717, 1.165) is 63.2 Å². The standard InChI is InChI=1S/C21H33N3O3/c25-19(12-24(18-1-2-18)11-14-3-4-27-13-14)22-20(26)23-21-8-15-5-16(9-21)7-17(6-15)10-21/h14-18H,1-13H2,(H2,22,23,25,26). The monoisotopic (exact) mass is 375 g/mol. The van der Waals surface area contributed by atoms with Crippen molar-refractivity contribution >= 4 is 11.9 Å². The van der Waals surface area contributed by atoms with Gasteiger partial charge >= 0.3 is 6.03 Å². The molecule has 5 aliphatic carbocycles. The third kappa shape index (κ3) is 4.02. The number of nitrogens with one attached hydrogen (secondary N) is 2. The van der Waals surface area contributed by atoms with Gasteiger partial charge in [-0.15, -0.1) is 0 Å². The quantitative estimate of drug-likeness (QED) is 0.747. The molecule has 6 aliphatic rings. The molecule has 6 heteroatoms. The lowest BCUT2D eigenvalue weighted by molar-refractivity contribution is -0.121. The molecule has 150 valence electrons. The van der Waals surface area contributed by atoms with E-state index in [9.17, 15) is 9.59 Å². The zero-order valence-corrected chi connectivity index (χ0v) is 16.3. The van der Waals surface area contributed by atoms with Crippen molar-refractivity contribution in [2.75, 3.05) is 26.3 Å². The summed E-state index contributed by atoms with van der Waals surface area (Å²) in [6.45, 7) is 2.88. The summed E-state index contributed by atoms with van der Waals surface area (Å²) in [6, 6.07) is 0.240. The van der Waals surface area contributed by atoms with Crippen molar-refractivity contribution in [2.45, 2.75) is 69.4 Å². The van der Waals surface area contributed by atoms with Gasteiger partial charge in [0.1, 0.15) is 0 Å². The molecule has 2 N–H and O–H groups in total. The topological polar surface area (TPSA) is 70.7 Å². The Hall–Kier alpha value is -1.14. The number of ether oxygens (including phenoxy) is 1. The second kappa shape index (κ2) is 7.03. The predicted octanol–water partition coefficient (Wildman–Crippen LogP) is 2.28. The van der Waals surface area contributed by atoms with Crippen LogP contribution in [0.4, 0.5) is 4.79 Å². The van der Waals surface area contributed by atoms with E-state index in [1.54, 1.807) is 0 Å². The first-order valence-corrected chi connectivity index (χ1v) is 11.0. The number of nitrogens with zero attached hydrogens (tertiary/aromatic N) is 1. The lowest BCUT2D eigenvalue weighted by Crippen LogP contribution is -2.62. The van der Waals surface area contributed by atoms with E-state index in [1.165, 1.54) is 32.1 Å². The van der Waals surface area contributed by atoms with Crippen LogP contribution in [0.1, 0.15) is 57.8 Å². The van der Waals surface area contributed by atoms with Crippen LogP contribution in [-0.2, 0) is 9.53 Å². The Morgan fingerprint density at radius 2 is 1.67 bits per heavy atom. The van der Waals surface area contributed by atoms with Crippen LogP contribution >= 0.6 is 0 Å². The molecule has 0 aromatic carbocycles. The van der Waals surface area contributed by atoms with E-state index >= 15 is 0 Å². The van der Waals surface area contributed by atoms with Crippen LogP contribution in [0, 0.1) is 23.7 Å². The lowest BCUT2D eigenvalue weighted by atomic mass is 9.53. The van der Waals surface area contributed by atoms with E-state index in [0.29, 0.717) is 18.5 Å². The molecule has 6 rings (SSSR count). The minimum absolute atomic E-state index is 0.0452. The molecule has 1 aliphatic heterocycles. The van der Waals surface area contributed by atoms with Gasteiger partial charge in [0.2, 0.25) is 5.91 Å². The summed E-state index contributed by atoms with van der Waals surface area (Å²) in [7, 11) is 0. The summed E-state index contributed by atoms with van der Waals surface area (Å²) in [6.07, 6.45) is 10.8. The molecule has 6 fully saturated rings. The molecule has 0 aromatic rings. The van der Waals surface area contributed by atoms with Gasteiger partial charge in [-0.2, -0.15) is 0 Å². The average molecular weight is 376 g/mol. The molecular formula is C21H33N3O3. The molecule has 1 atom stereocenters. The highest BCUT2D eigenvalue weighted by Gasteiger charge is 2.51. The smallest absolute Gasteiger partial charge is 0.321 e. The highest BCUT2D eigenvalue weighted by Crippen LogP contribution is 2.55. The maximum atomic E-state index is 12.6. The number of urea groups is 1. The van der Waals surface area contributed by atoms with Gasteiger partial charge in [0.15, 0.2) is 0 Å². The predicted molar refractivity (Wildman–Crippen MR) is 101 cm³/mol. The molecule has 1 saturated heterocycles. The first-order valence-electron chi connectivity index (χ1n) is 11.0. The SMILES string of the molecule is O=C(CN(CC1CCOC1)C1CC1)NC(=O)NC12CC3CC(CC(C3)C1)C2. The van der Waals surface area contributed by atoms with E-state index in [1.807, 2.05) is 0 Å². The number of hydrogen-bond acceptors (Lipinski definition) is 4. The Morgan fingerprint density at radius 1 is 1.00 bits per heavy atom. The molecule has 6 nitrogen and oxygen atoms in total.